The minimum Gasteiger partial charge on any atom is -0.478 e. The minimum absolute atomic E-state index is 0.548. The van der Waals surface area contributed by atoms with Gasteiger partial charge in [-0.25, -0.2) is 9.59 Å². The highest BCUT2D eigenvalue weighted by molar-refractivity contribution is 5.90. The van der Waals surface area contributed by atoms with Crippen molar-refractivity contribution in [3.8, 4) is 0 Å². The van der Waals surface area contributed by atoms with E-state index >= 15 is 0 Å². The molecule has 0 aliphatic heterocycles. The van der Waals surface area contributed by atoms with Crippen LogP contribution in [0.2, 0.25) is 0 Å². The topological polar surface area (TPSA) is 75.6 Å². The summed E-state index contributed by atoms with van der Waals surface area (Å²) in [4.78, 5) is 24.9. The molecule has 68 valence electrons. The number of carboxylic acids is 1. The molecular formula is C7H11NO4. The fourth-order valence-corrected chi connectivity index (χ4v) is 0.398. The van der Waals surface area contributed by atoms with Crippen LogP contribution in [0, 0.1) is 0 Å². The van der Waals surface area contributed by atoms with Crippen LogP contribution in [-0.4, -0.2) is 23.6 Å². The number of rotatable bonds is 5. The first-order valence-corrected chi connectivity index (χ1v) is 3.51. The van der Waals surface area contributed by atoms with Crippen molar-refractivity contribution in [2.45, 2.75) is 13.3 Å². The summed E-state index contributed by atoms with van der Waals surface area (Å²) < 4.78 is 0. The first kappa shape index (κ1) is 10.6. The molecule has 0 amide bonds. The molecule has 0 fully saturated rings. The summed E-state index contributed by atoms with van der Waals surface area (Å²) in [5.74, 6) is -1.90. The monoisotopic (exact) mass is 173 g/mol. The Morgan fingerprint density at radius 2 is 2.17 bits per heavy atom. The molecule has 0 saturated heterocycles. The van der Waals surface area contributed by atoms with Crippen LogP contribution in [0.25, 0.3) is 0 Å². The molecule has 0 bridgehead atoms. The van der Waals surface area contributed by atoms with Crippen LogP contribution in [-0.2, 0) is 14.4 Å². The highest BCUT2D eigenvalue weighted by Gasteiger charge is 1.96. The second kappa shape index (κ2) is 6.36. The van der Waals surface area contributed by atoms with E-state index in [1.165, 1.54) is 0 Å². The number of hydrogen-bond acceptors (Lipinski definition) is 4. The molecule has 0 aliphatic rings. The van der Waals surface area contributed by atoms with Gasteiger partial charge in [0.05, 0.1) is 0 Å². The van der Waals surface area contributed by atoms with Gasteiger partial charge in [-0.1, -0.05) is 6.92 Å². The molecule has 0 aromatic heterocycles. The van der Waals surface area contributed by atoms with Gasteiger partial charge in [0, 0.05) is 18.7 Å². The zero-order valence-electron chi connectivity index (χ0n) is 6.74. The van der Waals surface area contributed by atoms with Gasteiger partial charge in [0.15, 0.2) is 0 Å². The van der Waals surface area contributed by atoms with E-state index < -0.39 is 11.9 Å². The van der Waals surface area contributed by atoms with Crippen LogP contribution in [0.1, 0.15) is 13.3 Å². The van der Waals surface area contributed by atoms with E-state index in [1.54, 1.807) is 0 Å². The zero-order chi connectivity index (χ0) is 9.40. The smallest absolute Gasteiger partial charge is 0.349 e. The molecule has 0 aliphatic carbocycles. The lowest BCUT2D eigenvalue weighted by Gasteiger charge is -1.99. The molecule has 0 atom stereocenters. The minimum atomic E-state index is -1.18. The number of aliphatic carboxylic acids is 1. The van der Waals surface area contributed by atoms with Crippen molar-refractivity contribution in [1.82, 2.24) is 5.48 Å². The van der Waals surface area contributed by atoms with Gasteiger partial charge in [-0.2, -0.15) is 5.48 Å². The van der Waals surface area contributed by atoms with E-state index in [-0.39, 0.29) is 0 Å². The zero-order valence-corrected chi connectivity index (χ0v) is 6.74. The quantitative estimate of drug-likeness (QED) is 0.350. The molecule has 2 N–H and O–H groups in total. The number of carbonyl (C=O) groups is 2. The van der Waals surface area contributed by atoms with Crippen molar-refractivity contribution in [3.63, 3.8) is 0 Å². The Morgan fingerprint density at radius 1 is 1.50 bits per heavy atom. The Balaban J connectivity index is 3.53. The van der Waals surface area contributed by atoms with Crippen molar-refractivity contribution in [2.24, 2.45) is 0 Å². The average molecular weight is 173 g/mol. The third-order valence-corrected chi connectivity index (χ3v) is 0.887. The lowest BCUT2D eigenvalue weighted by molar-refractivity contribution is -0.145. The summed E-state index contributed by atoms with van der Waals surface area (Å²) >= 11 is 0. The van der Waals surface area contributed by atoms with Crippen molar-refractivity contribution >= 4 is 11.9 Å². The second-order valence-corrected chi connectivity index (χ2v) is 1.99. The molecule has 0 aromatic rings. The van der Waals surface area contributed by atoms with Crippen molar-refractivity contribution in [3.05, 3.63) is 12.2 Å². The predicted molar refractivity (Wildman–Crippen MR) is 41.2 cm³/mol. The summed E-state index contributed by atoms with van der Waals surface area (Å²) in [6.45, 7) is 2.46. The van der Waals surface area contributed by atoms with Crippen molar-refractivity contribution in [1.29, 1.82) is 0 Å². The van der Waals surface area contributed by atoms with Crippen molar-refractivity contribution < 1.29 is 19.5 Å². The SMILES string of the molecule is CCCNOC(=O)/C=C\C(=O)O. The molecule has 0 rings (SSSR count). The Kier molecular flexibility index (Phi) is 5.64. The number of nitrogens with one attached hydrogen (secondary N) is 1. The van der Waals surface area contributed by atoms with Crippen LogP contribution < -0.4 is 5.48 Å². The van der Waals surface area contributed by atoms with E-state index in [0.29, 0.717) is 6.54 Å². The second-order valence-electron chi connectivity index (χ2n) is 1.99. The van der Waals surface area contributed by atoms with Crippen LogP contribution in [0.5, 0.6) is 0 Å². The molecule has 0 unspecified atom stereocenters. The summed E-state index contributed by atoms with van der Waals surface area (Å²) in [6.07, 6.45) is 2.39. The number of hydroxylamine groups is 1. The molecule has 0 saturated carbocycles. The van der Waals surface area contributed by atoms with Crippen LogP contribution in [0.3, 0.4) is 0 Å². The van der Waals surface area contributed by atoms with E-state index in [9.17, 15) is 9.59 Å². The maximum Gasteiger partial charge on any atom is 0.349 e. The highest BCUT2D eigenvalue weighted by atomic mass is 16.7. The normalized spacial score (nSPS) is 10.1. The average Bonchev–Trinajstić information content (AvgIpc) is 2.01. The Morgan fingerprint density at radius 3 is 2.67 bits per heavy atom. The molecule has 5 nitrogen and oxygen atoms in total. The fraction of sp³-hybridized carbons (Fsp3) is 0.429. The standard InChI is InChI=1S/C7H11NO4/c1-2-5-8-12-7(11)4-3-6(9)10/h3-4,8H,2,5H2,1H3,(H,9,10)/b4-3-. The molecule has 0 aromatic carbocycles. The Labute approximate surface area is 70.0 Å². The summed E-state index contributed by atoms with van der Waals surface area (Å²) in [5, 5.41) is 8.12. The van der Waals surface area contributed by atoms with Gasteiger partial charge in [0.2, 0.25) is 0 Å². The van der Waals surface area contributed by atoms with E-state index in [4.69, 9.17) is 5.11 Å². The van der Waals surface area contributed by atoms with Crippen LogP contribution in [0.4, 0.5) is 0 Å². The third kappa shape index (κ3) is 6.76. The van der Waals surface area contributed by atoms with Gasteiger partial charge in [-0.15, -0.1) is 0 Å². The largest absolute Gasteiger partial charge is 0.478 e. The number of hydrogen-bond donors (Lipinski definition) is 2. The maximum absolute atomic E-state index is 10.6. The highest BCUT2D eigenvalue weighted by Crippen LogP contribution is 1.79. The molecule has 0 spiro atoms. The predicted octanol–water partition coefficient (Wildman–Crippen LogP) is 0.0850. The molecule has 12 heavy (non-hydrogen) atoms. The first-order valence-electron chi connectivity index (χ1n) is 3.51. The summed E-state index contributed by atoms with van der Waals surface area (Å²) in [5.41, 5.74) is 2.36. The van der Waals surface area contributed by atoms with Crippen LogP contribution >= 0.6 is 0 Å². The molecule has 0 radical (unpaired) electrons. The van der Waals surface area contributed by atoms with Gasteiger partial charge in [-0.3, -0.25) is 0 Å². The van der Waals surface area contributed by atoms with Gasteiger partial charge < -0.3 is 9.94 Å². The Bertz CT molecular complexity index is 188. The lowest BCUT2D eigenvalue weighted by atomic mass is 10.5. The number of carboxylic acid groups (broad SMARTS) is 1. The van der Waals surface area contributed by atoms with E-state index in [1.807, 2.05) is 6.92 Å². The maximum atomic E-state index is 10.6. The van der Waals surface area contributed by atoms with Gasteiger partial charge in [0.1, 0.15) is 0 Å². The fourth-order valence-electron chi connectivity index (χ4n) is 0.398. The third-order valence-electron chi connectivity index (χ3n) is 0.887. The summed E-state index contributed by atoms with van der Waals surface area (Å²) in [6, 6.07) is 0. The molecule has 0 heterocycles. The van der Waals surface area contributed by atoms with Gasteiger partial charge >= 0.3 is 11.9 Å². The molecule has 5 heteroatoms. The van der Waals surface area contributed by atoms with E-state index in [0.717, 1.165) is 18.6 Å². The molecular weight excluding hydrogens is 162 g/mol. The van der Waals surface area contributed by atoms with Gasteiger partial charge in [-0.05, 0) is 6.42 Å². The van der Waals surface area contributed by atoms with E-state index in [2.05, 4.69) is 10.3 Å². The van der Waals surface area contributed by atoms with Gasteiger partial charge in [0.25, 0.3) is 0 Å². The van der Waals surface area contributed by atoms with Crippen molar-refractivity contribution in [2.75, 3.05) is 6.54 Å². The lowest BCUT2D eigenvalue weighted by Crippen LogP contribution is -2.19. The first-order chi connectivity index (χ1) is 5.66. The number of carbonyl (C=O) groups excluding carboxylic acids is 1. The summed E-state index contributed by atoms with van der Waals surface area (Å²) in [7, 11) is 0. The Hall–Kier alpha value is -1.36. The van der Waals surface area contributed by atoms with Crippen LogP contribution in [0.15, 0.2) is 12.2 Å².